The molecule has 2 atom stereocenters. The highest BCUT2D eigenvalue weighted by Gasteiger charge is 2.24. The smallest absolute Gasteiger partial charge is 0.0603 e. The molecule has 0 aromatic rings. The highest BCUT2D eigenvalue weighted by Crippen LogP contribution is 2.29. The van der Waals surface area contributed by atoms with Crippen molar-refractivity contribution in [3.63, 3.8) is 0 Å². The Morgan fingerprint density at radius 2 is 1.94 bits per heavy atom. The summed E-state index contributed by atoms with van der Waals surface area (Å²) in [5.41, 5.74) is 6.01. The Labute approximate surface area is 107 Å². The molecule has 1 aliphatic carbocycles. The second kappa shape index (κ2) is 7.38. The third-order valence-electron chi connectivity index (χ3n) is 4.25. The van der Waals surface area contributed by atoms with Crippen LogP contribution in [0.3, 0.4) is 0 Å². The molecule has 0 aliphatic heterocycles. The molecular formula is C15H31NO. The van der Waals surface area contributed by atoms with E-state index in [4.69, 9.17) is 10.5 Å². The Morgan fingerprint density at radius 1 is 1.24 bits per heavy atom. The summed E-state index contributed by atoms with van der Waals surface area (Å²) < 4.78 is 6.09. The lowest BCUT2D eigenvalue weighted by Crippen LogP contribution is -2.28. The van der Waals surface area contributed by atoms with Gasteiger partial charge in [-0.25, -0.2) is 0 Å². The van der Waals surface area contributed by atoms with Gasteiger partial charge in [0.1, 0.15) is 0 Å². The molecule has 0 spiro atoms. The lowest BCUT2D eigenvalue weighted by molar-refractivity contribution is -0.0156. The fourth-order valence-electron chi connectivity index (χ4n) is 2.75. The fourth-order valence-corrected chi connectivity index (χ4v) is 2.75. The van der Waals surface area contributed by atoms with Gasteiger partial charge in [-0.3, -0.25) is 0 Å². The van der Waals surface area contributed by atoms with Crippen LogP contribution < -0.4 is 5.73 Å². The lowest BCUT2D eigenvalue weighted by Gasteiger charge is -2.31. The first-order valence-corrected chi connectivity index (χ1v) is 7.40. The van der Waals surface area contributed by atoms with Crippen LogP contribution in [0.25, 0.3) is 0 Å². The first kappa shape index (κ1) is 15.0. The Hall–Kier alpha value is -0.0800. The maximum Gasteiger partial charge on any atom is 0.0603 e. The van der Waals surface area contributed by atoms with Crippen molar-refractivity contribution in [1.29, 1.82) is 0 Å². The van der Waals surface area contributed by atoms with Crippen LogP contribution in [0.15, 0.2) is 0 Å². The average Bonchev–Trinajstić information content (AvgIpc) is 2.35. The first-order valence-electron chi connectivity index (χ1n) is 7.40. The molecule has 0 aromatic carbocycles. The SMILES string of the molecule is CCC1CCCCC1OCCCC(C)(C)CN. The zero-order chi connectivity index (χ0) is 12.7. The molecule has 2 nitrogen and oxygen atoms in total. The standard InChI is InChI=1S/C15H31NO/c1-4-13-8-5-6-9-14(13)17-11-7-10-15(2,3)12-16/h13-14H,4-12,16H2,1-3H3. The van der Waals surface area contributed by atoms with Crippen molar-refractivity contribution in [3.8, 4) is 0 Å². The van der Waals surface area contributed by atoms with Crippen LogP contribution in [-0.2, 0) is 4.74 Å². The van der Waals surface area contributed by atoms with Crippen LogP contribution in [0.1, 0.15) is 65.7 Å². The van der Waals surface area contributed by atoms with Gasteiger partial charge in [0.25, 0.3) is 0 Å². The second-order valence-corrected chi connectivity index (χ2v) is 6.33. The highest BCUT2D eigenvalue weighted by molar-refractivity contribution is 4.75. The maximum absolute atomic E-state index is 6.09. The molecule has 102 valence electrons. The molecule has 0 bridgehead atoms. The molecule has 1 rings (SSSR count). The summed E-state index contributed by atoms with van der Waals surface area (Å²) >= 11 is 0. The quantitative estimate of drug-likeness (QED) is 0.689. The average molecular weight is 241 g/mol. The predicted molar refractivity (Wildman–Crippen MR) is 74.1 cm³/mol. The van der Waals surface area contributed by atoms with Crippen molar-refractivity contribution in [3.05, 3.63) is 0 Å². The number of rotatable bonds is 7. The number of nitrogens with two attached hydrogens (primary N) is 1. The van der Waals surface area contributed by atoms with Crippen molar-refractivity contribution < 1.29 is 4.74 Å². The normalized spacial score (nSPS) is 26.1. The minimum Gasteiger partial charge on any atom is -0.378 e. The molecule has 0 saturated heterocycles. The van der Waals surface area contributed by atoms with E-state index in [1.807, 2.05) is 0 Å². The van der Waals surface area contributed by atoms with E-state index in [-0.39, 0.29) is 5.41 Å². The number of hydrogen-bond donors (Lipinski definition) is 1. The molecule has 0 heterocycles. The summed E-state index contributed by atoms with van der Waals surface area (Å²) in [4.78, 5) is 0. The Kier molecular flexibility index (Phi) is 6.50. The van der Waals surface area contributed by atoms with Crippen LogP contribution in [0.2, 0.25) is 0 Å². The van der Waals surface area contributed by atoms with Gasteiger partial charge in [-0.15, -0.1) is 0 Å². The van der Waals surface area contributed by atoms with Crippen molar-refractivity contribution in [2.45, 2.75) is 71.8 Å². The zero-order valence-corrected chi connectivity index (χ0v) is 12.0. The van der Waals surface area contributed by atoms with Gasteiger partial charge in [0, 0.05) is 6.61 Å². The van der Waals surface area contributed by atoms with E-state index in [1.54, 1.807) is 0 Å². The molecule has 0 aromatic heterocycles. The largest absolute Gasteiger partial charge is 0.378 e. The minimum absolute atomic E-state index is 0.278. The zero-order valence-electron chi connectivity index (χ0n) is 12.0. The van der Waals surface area contributed by atoms with Gasteiger partial charge in [0.2, 0.25) is 0 Å². The monoisotopic (exact) mass is 241 g/mol. The third kappa shape index (κ3) is 5.39. The van der Waals surface area contributed by atoms with E-state index >= 15 is 0 Å². The van der Waals surface area contributed by atoms with Gasteiger partial charge in [0.05, 0.1) is 6.10 Å². The van der Waals surface area contributed by atoms with Crippen molar-refractivity contribution in [2.24, 2.45) is 17.1 Å². The van der Waals surface area contributed by atoms with E-state index in [0.29, 0.717) is 6.10 Å². The summed E-state index contributed by atoms with van der Waals surface area (Å²) in [7, 11) is 0. The van der Waals surface area contributed by atoms with Gasteiger partial charge in [-0.05, 0) is 43.6 Å². The lowest BCUT2D eigenvalue weighted by atomic mass is 9.84. The highest BCUT2D eigenvalue weighted by atomic mass is 16.5. The van der Waals surface area contributed by atoms with Crippen molar-refractivity contribution in [1.82, 2.24) is 0 Å². The molecule has 2 heteroatoms. The Morgan fingerprint density at radius 3 is 2.59 bits per heavy atom. The van der Waals surface area contributed by atoms with E-state index < -0.39 is 0 Å². The van der Waals surface area contributed by atoms with Crippen LogP contribution >= 0.6 is 0 Å². The first-order chi connectivity index (χ1) is 8.09. The topological polar surface area (TPSA) is 35.2 Å². The van der Waals surface area contributed by atoms with Crippen molar-refractivity contribution in [2.75, 3.05) is 13.2 Å². The third-order valence-corrected chi connectivity index (χ3v) is 4.25. The van der Waals surface area contributed by atoms with Gasteiger partial charge in [-0.1, -0.05) is 40.0 Å². The molecule has 0 amide bonds. The molecule has 1 saturated carbocycles. The van der Waals surface area contributed by atoms with Crippen molar-refractivity contribution >= 4 is 0 Å². The Bertz CT molecular complexity index is 203. The predicted octanol–water partition coefficient (Wildman–Crippen LogP) is 3.74. The maximum atomic E-state index is 6.09. The van der Waals surface area contributed by atoms with Crippen LogP contribution in [0, 0.1) is 11.3 Å². The van der Waals surface area contributed by atoms with Gasteiger partial charge in [-0.2, -0.15) is 0 Å². The molecule has 0 radical (unpaired) electrons. The molecule has 17 heavy (non-hydrogen) atoms. The van der Waals surface area contributed by atoms with E-state index in [0.717, 1.165) is 25.5 Å². The van der Waals surface area contributed by atoms with Crippen LogP contribution in [0.5, 0.6) is 0 Å². The number of hydrogen-bond acceptors (Lipinski definition) is 2. The minimum atomic E-state index is 0.278. The van der Waals surface area contributed by atoms with E-state index in [9.17, 15) is 0 Å². The summed E-state index contributed by atoms with van der Waals surface area (Å²) in [6.07, 6.45) is 9.54. The molecule has 1 aliphatic rings. The Balaban J connectivity index is 2.16. The van der Waals surface area contributed by atoms with Gasteiger partial charge >= 0.3 is 0 Å². The fraction of sp³-hybridized carbons (Fsp3) is 1.00. The van der Waals surface area contributed by atoms with Crippen LogP contribution in [0.4, 0.5) is 0 Å². The van der Waals surface area contributed by atoms with Crippen LogP contribution in [-0.4, -0.2) is 19.3 Å². The summed E-state index contributed by atoms with van der Waals surface area (Å²) in [5.74, 6) is 0.811. The summed E-state index contributed by atoms with van der Waals surface area (Å²) in [6, 6.07) is 0. The molecular weight excluding hydrogens is 210 g/mol. The molecule has 2 unspecified atom stereocenters. The molecule has 2 N–H and O–H groups in total. The second-order valence-electron chi connectivity index (χ2n) is 6.33. The number of ether oxygens (including phenoxy) is 1. The molecule has 1 fully saturated rings. The summed E-state index contributed by atoms with van der Waals surface area (Å²) in [5, 5.41) is 0. The van der Waals surface area contributed by atoms with Gasteiger partial charge < -0.3 is 10.5 Å². The van der Waals surface area contributed by atoms with E-state index in [2.05, 4.69) is 20.8 Å². The van der Waals surface area contributed by atoms with E-state index in [1.165, 1.54) is 38.5 Å². The van der Waals surface area contributed by atoms with Gasteiger partial charge in [0.15, 0.2) is 0 Å². The summed E-state index contributed by atoms with van der Waals surface area (Å²) in [6.45, 7) is 8.47.